The predicted molar refractivity (Wildman–Crippen MR) is 76.2 cm³/mol. The molecule has 0 aliphatic rings. The van der Waals surface area contributed by atoms with Gasteiger partial charge in [0.25, 0.3) is 0 Å². The van der Waals surface area contributed by atoms with Crippen LogP contribution in [0.15, 0.2) is 18.2 Å². The zero-order valence-corrected chi connectivity index (χ0v) is 12.1. The Morgan fingerprint density at radius 1 is 1.16 bits per heavy atom. The van der Waals surface area contributed by atoms with Crippen molar-refractivity contribution in [1.82, 2.24) is 0 Å². The Balaban J connectivity index is 2.89. The van der Waals surface area contributed by atoms with E-state index >= 15 is 0 Å². The standard InChI is InChI=1S/C16H20O3/c1-11-8-13(9-12(2)14(11)10-17)6-7-15(18)19-16(3,4)5/h6-10H,1-5H3/b7-6+. The van der Waals surface area contributed by atoms with Crippen molar-refractivity contribution in [2.45, 2.75) is 40.2 Å². The fourth-order valence-electron chi connectivity index (χ4n) is 1.79. The highest BCUT2D eigenvalue weighted by Gasteiger charge is 2.13. The summed E-state index contributed by atoms with van der Waals surface area (Å²) < 4.78 is 5.18. The minimum atomic E-state index is -0.491. The van der Waals surface area contributed by atoms with Gasteiger partial charge < -0.3 is 4.74 Å². The number of aryl methyl sites for hydroxylation is 2. The molecule has 0 amide bonds. The van der Waals surface area contributed by atoms with Crippen LogP contribution in [0.3, 0.4) is 0 Å². The lowest BCUT2D eigenvalue weighted by molar-refractivity contribution is -0.148. The molecule has 0 aliphatic heterocycles. The van der Waals surface area contributed by atoms with Crippen molar-refractivity contribution in [2.75, 3.05) is 0 Å². The minimum Gasteiger partial charge on any atom is -0.457 e. The van der Waals surface area contributed by atoms with Crippen LogP contribution in [0.2, 0.25) is 0 Å². The molecule has 0 fully saturated rings. The predicted octanol–water partition coefficient (Wildman–Crippen LogP) is 3.47. The van der Waals surface area contributed by atoms with E-state index in [0.29, 0.717) is 5.56 Å². The minimum absolute atomic E-state index is 0.373. The Hall–Kier alpha value is -1.90. The van der Waals surface area contributed by atoms with Gasteiger partial charge in [-0.2, -0.15) is 0 Å². The number of hydrogen-bond acceptors (Lipinski definition) is 3. The average molecular weight is 260 g/mol. The lowest BCUT2D eigenvalue weighted by atomic mass is 10.00. The van der Waals surface area contributed by atoms with E-state index in [-0.39, 0.29) is 5.97 Å². The van der Waals surface area contributed by atoms with Gasteiger partial charge in [-0.05, 0) is 57.4 Å². The van der Waals surface area contributed by atoms with Crippen molar-refractivity contribution >= 4 is 18.3 Å². The van der Waals surface area contributed by atoms with Crippen LogP contribution in [0.25, 0.3) is 6.08 Å². The summed E-state index contributed by atoms with van der Waals surface area (Å²) in [6.07, 6.45) is 3.95. The highest BCUT2D eigenvalue weighted by atomic mass is 16.6. The second kappa shape index (κ2) is 5.83. The summed E-state index contributed by atoms with van der Waals surface area (Å²) in [5, 5.41) is 0. The maximum Gasteiger partial charge on any atom is 0.331 e. The molecular formula is C16H20O3. The topological polar surface area (TPSA) is 43.4 Å². The van der Waals surface area contributed by atoms with Crippen LogP contribution in [-0.2, 0) is 9.53 Å². The van der Waals surface area contributed by atoms with Gasteiger partial charge in [0.15, 0.2) is 6.29 Å². The first-order valence-electron chi connectivity index (χ1n) is 6.20. The number of rotatable bonds is 3. The SMILES string of the molecule is Cc1cc(/C=C/C(=O)OC(C)(C)C)cc(C)c1C=O. The van der Waals surface area contributed by atoms with E-state index in [1.54, 1.807) is 6.08 Å². The molecule has 1 aromatic carbocycles. The number of esters is 1. The lowest BCUT2D eigenvalue weighted by Crippen LogP contribution is -2.22. The Morgan fingerprint density at radius 2 is 1.68 bits per heavy atom. The lowest BCUT2D eigenvalue weighted by Gasteiger charge is -2.17. The van der Waals surface area contributed by atoms with Gasteiger partial charge in [0, 0.05) is 11.6 Å². The van der Waals surface area contributed by atoms with Gasteiger partial charge in [0.1, 0.15) is 5.60 Å². The van der Waals surface area contributed by atoms with Crippen LogP contribution in [0.4, 0.5) is 0 Å². The van der Waals surface area contributed by atoms with Crippen molar-refractivity contribution in [3.8, 4) is 0 Å². The van der Waals surface area contributed by atoms with Crippen molar-refractivity contribution in [2.24, 2.45) is 0 Å². The molecule has 0 bridgehead atoms. The summed E-state index contributed by atoms with van der Waals surface area (Å²) in [6, 6.07) is 3.75. The first kappa shape index (κ1) is 15.2. The van der Waals surface area contributed by atoms with Crippen LogP contribution in [0, 0.1) is 13.8 Å². The zero-order chi connectivity index (χ0) is 14.6. The first-order chi connectivity index (χ1) is 8.73. The summed E-state index contributed by atoms with van der Waals surface area (Å²) in [5.41, 5.74) is 2.90. The van der Waals surface area contributed by atoms with Gasteiger partial charge in [-0.1, -0.05) is 12.1 Å². The second-order valence-electron chi connectivity index (χ2n) is 5.55. The first-order valence-corrected chi connectivity index (χ1v) is 6.20. The number of ether oxygens (including phenoxy) is 1. The van der Waals surface area contributed by atoms with E-state index in [9.17, 15) is 9.59 Å². The van der Waals surface area contributed by atoms with E-state index in [1.807, 2.05) is 46.8 Å². The van der Waals surface area contributed by atoms with Gasteiger partial charge in [-0.25, -0.2) is 4.79 Å². The number of aldehydes is 1. The number of carbonyl (C=O) groups is 2. The second-order valence-corrected chi connectivity index (χ2v) is 5.55. The largest absolute Gasteiger partial charge is 0.457 e. The molecule has 0 N–H and O–H groups in total. The summed E-state index contributed by atoms with van der Waals surface area (Å²) in [6.45, 7) is 9.23. The number of carbonyl (C=O) groups excluding carboxylic acids is 2. The molecule has 0 radical (unpaired) electrons. The highest BCUT2D eigenvalue weighted by Crippen LogP contribution is 2.16. The molecule has 0 saturated heterocycles. The van der Waals surface area contributed by atoms with Gasteiger partial charge in [-0.15, -0.1) is 0 Å². The van der Waals surface area contributed by atoms with Gasteiger partial charge in [0.05, 0.1) is 0 Å². The zero-order valence-electron chi connectivity index (χ0n) is 12.1. The fraction of sp³-hybridized carbons (Fsp3) is 0.375. The third kappa shape index (κ3) is 4.70. The Labute approximate surface area is 114 Å². The fourth-order valence-corrected chi connectivity index (χ4v) is 1.79. The number of hydrogen-bond donors (Lipinski definition) is 0. The van der Waals surface area contributed by atoms with Crippen molar-refractivity contribution in [1.29, 1.82) is 0 Å². The molecule has 0 unspecified atom stereocenters. The molecule has 3 nitrogen and oxygen atoms in total. The van der Waals surface area contributed by atoms with Crippen molar-refractivity contribution in [3.63, 3.8) is 0 Å². The third-order valence-corrected chi connectivity index (χ3v) is 2.55. The third-order valence-electron chi connectivity index (χ3n) is 2.55. The molecule has 1 rings (SSSR count). The van der Waals surface area contributed by atoms with E-state index in [1.165, 1.54) is 6.08 Å². The van der Waals surface area contributed by atoms with Gasteiger partial charge >= 0.3 is 5.97 Å². The molecule has 0 aromatic heterocycles. The van der Waals surface area contributed by atoms with E-state index < -0.39 is 5.60 Å². The quantitative estimate of drug-likeness (QED) is 0.475. The van der Waals surface area contributed by atoms with Crippen molar-refractivity contribution in [3.05, 3.63) is 40.5 Å². The molecule has 0 atom stereocenters. The van der Waals surface area contributed by atoms with Crippen LogP contribution in [0.1, 0.15) is 47.8 Å². The monoisotopic (exact) mass is 260 g/mol. The average Bonchev–Trinajstić information content (AvgIpc) is 2.23. The van der Waals surface area contributed by atoms with E-state index in [2.05, 4.69) is 0 Å². The van der Waals surface area contributed by atoms with Crippen LogP contribution in [-0.4, -0.2) is 17.9 Å². The Morgan fingerprint density at radius 3 is 2.11 bits per heavy atom. The summed E-state index contributed by atoms with van der Waals surface area (Å²) >= 11 is 0. The molecule has 0 saturated carbocycles. The highest BCUT2D eigenvalue weighted by molar-refractivity contribution is 5.88. The van der Waals surface area contributed by atoms with Gasteiger partial charge in [-0.3, -0.25) is 4.79 Å². The molecule has 0 aliphatic carbocycles. The molecular weight excluding hydrogens is 240 g/mol. The van der Waals surface area contributed by atoms with E-state index in [0.717, 1.165) is 23.0 Å². The molecule has 102 valence electrons. The molecule has 0 heterocycles. The van der Waals surface area contributed by atoms with Crippen LogP contribution >= 0.6 is 0 Å². The summed E-state index contributed by atoms with van der Waals surface area (Å²) in [5.74, 6) is -0.373. The number of benzene rings is 1. The van der Waals surface area contributed by atoms with Crippen LogP contribution in [0.5, 0.6) is 0 Å². The smallest absolute Gasteiger partial charge is 0.331 e. The molecule has 1 aromatic rings. The molecule has 3 heteroatoms. The normalized spacial score (nSPS) is 11.6. The van der Waals surface area contributed by atoms with Gasteiger partial charge in [0.2, 0.25) is 0 Å². The van der Waals surface area contributed by atoms with Crippen molar-refractivity contribution < 1.29 is 14.3 Å². The summed E-state index contributed by atoms with van der Waals surface area (Å²) in [4.78, 5) is 22.4. The maximum atomic E-state index is 11.6. The Kier molecular flexibility index (Phi) is 4.65. The summed E-state index contributed by atoms with van der Waals surface area (Å²) in [7, 11) is 0. The molecule has 0 spiro atoms. The van der Waals surface area contributed by atoms with Crippen LogP contribution < -0.4 is 0 Å². The molecule has 19 heavy (non-hydrogen) atoms. The Bertz CT molecular complexity index is 496. The van der Waals surface area contributed by atoms with E-state index in [4.69, 9.17) is 4.74 Å². The maximum absolute atomic E-state index is 11.6.